The summed E-state index contributed by atoms with van der Waals surface area (Å²) in [7, 11) is 0. The van der Waals surface area contributed by atoms with Gasteiger partial charge in [-0.25, -0.2) is 0 Å². The van der Waals surface area contributed by atoms with E-state index in [1.54, 1.807) is 4.90 Å². The van der Waals surface area contributed by atoms with Crippen LogP contribution in [0.15, 0.2) is 0 Å². The fraction of sp³-hybridized carbons (Fsp3) is 0.833. The van der Waals surface area contributed by atoms with E-state index in [-0.39, 0.29) is 29.7 Å². The van der Waals surface area contributed by atoms with Gasteiger partial charge in [-0.2, -0.15) is 0 Å². The van der Waals surface area contributed by atoms with Crippen LogP contribution in [-0.4, -0.2) is 35.8 Å². The molecule has 1 heterocycles. The number of carbonyl (C=O) groups is 2. The van der Waals surface area contributed by atoms with Gasteiger partial charge >= 0.3 is 0 Å². The first-order valence-corrected chi connectivity index (χ1v) is 6.41. The summed E-state index contributed by atoms with van der Waals surface area (Å²) < 4.78 is 0. The van der Waals surface area contributed by atoms with Gasteiger partial charge < -0.3 is 16.4 Å². The van der Waals surface area contributed by atoms with E-state index in [0.717, 1.165) is 25.7 Å². The lowest BCUT2D eigenvalue weighted by molar-refractivity contribution is -0.135. The molecule has 1 saturated carbocycles. The van der Waals surface area contributed by atoms with Gasteiger partial charge in [0.25, 0.3) is 0 Å². The monoisotopic (exact) mass is 239 g/mol. The molecule has 2 aliphatic rings. The summed E-state index contributed by atoms with van der Waals surface area (Å²) in [5.41, 5.74) is 11.2. The van der Waals surface area contributed by atoms with Crippen molar-refractivity contribution in [1.29, 1.82) is 0 Å². The van der Waals surface area contributed by atoms with Crippen LogP contribution < -0.4 is 11.5 Å². The number of amides is 2. The highest BCUT2D eigenvalue weighted by molar-refractivity contribution is 5.82. The molecule has 1 saturated heterocycles. The third kappa shape index (κ3) is 2.77. The Balaban J connectivity index is 1.90. The van der Waals surface area contributed by atoms with Crippen LogP contribution >= 0.6 is 0 Å². The second-order valence-corrected chi connectivity index (χ2v) is 5.30. The summed E-state index contributed by atoms with van der Waals surface area (Å²) in [4.78, 5) is 25.1. The minimum atomic E-state index is -0.291. The van der Waals surface area contributed by atoms with E-state index in [4.69, 9.17) is 11.5 Å². The Hall–Kier alpha value is -1.10. The molecule has 4 N–H and O–H groups in total. The highest BCUT2D eigenvalue weighted by Crippen LogP contribution is 2.27. The van der Waals surface area contributed by atoms with Gasteiger partial charge in [-0.3, -0.25) is 9.59 Å². The molecule has 2 fully saturated rings. The van der Waals surface area contributed by atoms with E-state index in [9.17, 15) is 9.59 Å². The van der Waals surface area contributed by atoms with Crippen molar-refractivity contribution < 1.29 is 9.59 Å². The largest absolute Gasteiger partial charge is 0.369 e. The maximum absolute atomic E-state index is 12.2. The number of nitrogens with zero attached hydrogens (tertiary/aromatic N) is 1. The van der Waals surface area contributed by atoms with Gasteiger partial charge in [0.05, 0.1) is 5.92 Å². The van der Waals surface area contributed by atoms with Crippen LogP contribution in [0.2, 0.25) is 0 Å². The molecular formula is C12H21N3O2. The van der Waals surface area contributed by atoms with Crippen molar-refractivity contribution in [3.05, 3.63) is 0 Å². The van der Waals surface area contributed by atoms with E-state index >= 15 is 0 Å². The van der Waals surface area contributed by atoms with Gasteiger partial charge in [-0.1, -0.05) is 6.42 Å². The predicted octanol–water partition coefficient (Wildman–Crippen LogP) is -0.162. The van der Waals surface area contributed by atoms with Gasteiger partial charge in [0.2, 0.25) is 11.8 Å². The summed E-state index contributed by atoms with van der Waals surface area (Å²) in [6.07, 6.45) is 4.49. The molecule has 0 aromatic heterocycles. The Morgan fingerprint density at radius 3 is 2.47 bits per heavy atom. The number of hydrogen-bond donors (Lipinski definition) is 2. The molecule has 5 heteroatoms. The van der Waals surface area contributed by atoms with Gasteiger partial charge in [0, 0.05) is 25.0 Å². The van der Waals surface area contributed by atoms with Crippen LogP contribution in [0.1, 0.15) is 32.1 Å². The zero-order valence-electron chi connectivity index (χ0n) is 10.1. The van der Waals surface area contributed by atoms with E-state index < -0.39 is 0 Å². The Morgan fingerprint density at radius 2 is 1.88 bits per heavy atom. The lowest BCUT2D eigenvalue weighted by Gasteiger charge is -2.29. The van der Waals surface area contributed by atoms with Crippen molar-refractivity contribution in [2.75, 3.05) is 13.1 Å². The van der Waals surface area contributed by atoms with Crippen LogP contribution in [0.3, 0.4) is 0 Å². The molecule has 5 nitrogen and oxygen atoms in total. The van der Waals surface area contributed by atoms with Gasteiger partial charge in [-0.05, 0) is 25.7 Å². The van der Waals surface area contributed by atoms with Gasteiger partial charge in [-0.15, -0.1) is 0 Å². The smallest absolute Gasteiger partial charge is 0.225 e. The zero-order chi connectivity index (χ0) is 12.4. The van der Waals surface area contributed by atoms with Crippen molar-refractivity contribution in [1.82, 2.24) is 4.90 Å². The molecule has 0 bridgehead atoms. The number of primary amides is 1. The standard InChI is InChI=1S/C12H21N3O2/c13-10-3-1-2-8(6-10)12(17)15-5-4-9(7-15)11(14)16/h8-10H,1-7,13H2,(H2,14,16). The van der Waals surface area contributed by atoms with Gasteiger partial charge in [0.15, 0.2) is 0 Å². The molecule has 2 rings (SSSR count). The maximum atomic E-state index is 12.2. The second kappa shape index (κ2) is 5.04. The van der Waals surface area contributed by atoms with Crippen molar-refractivity contribution in [2.45, 2.75) is 38.1 Å². The predicted molar refractivity (Wildman–Crippen MR) is 63.8 cm³/mol. The summed E-state index contributed by atoms with van der Waals surface area (Å²) in [6, 6.07) is 0.159. The Morgan fingerprint density at radius 1 is 1.12 bits per heavy atom. The third-order valence-corrected chi connectivity index (χ3v) is 3.97. The molecule has 2 amide bonds. The van der Waals surface area contributed by atoms with E-state index in [2.05, 4.69) is 0 Å². The lowest BCUT2D eigenvalue weighted by Crippen LogP contribution is -2.40. The average Bonchev–Trinajstić information content (AvgIpc) is 2.77. The summed E-state index contributed by atoms with van der Waals surface area (Å²) >= 11 is 0. The summed E-state index contributed by atoms with van der Waals surface area (Å²) in [5.74, 6) is -0.217. The molecule has 3 atom stereocenters. The quantitative estimate of drug-likeness (QED) is 0.701. The molecule has 17 heavy (non-hydrogen) atoms. The molecule has 0 spiro atoms. The normalized spacial score (nSPS) is 33.7. The van der Waals surface area contributed by atoms with E-state index in [1.165, 1.54) is 0 Å². The average molecular weight is 239 g/mol. The van der Waals surface area contributed by atoms with E-state index in [0.29, 0.717) is 19.5 Å². The van der Waals surface area contributed by atoms with Crippen molar-refractivity contribution in [3.63, 3.8) is 0 Å². The number of carbonyl (C=O) groups excluding carboxylic acids is 2. The minimum Gasteiger partial charge on any atom is -0.369 e. The number of likely N-dealkylation sites (tertiary alicyclic amines) is 1. The Bertz CT molecular complexity index is 319. The summed E-state index contributed by atoms with van der Waals surface area (Å²) in [5, 5.41) is 0. The molecule has 0 radical (unpaired) electrons. The SMILES string of the molecule is NC(=O)C1CCN(C(=O)C2CCCC(N)C2)C1. The van der Waals surface area contributed by atoms with Crippen LogP contribution in [-0.2, 0) is 9.59 Å². The van der Waals surface area contributed by atoms with Crippen molar-refractivity contribution >= 4 is 11.8 Å². The number of nitrogens with two attached hydrogens (primary N) is 2. The first-order chi connectivity index (χ1) is 8.08. The Kier molecular flexibility index (Phi) is 3.66. The van der Waals surface area contributed by atoms with Crippen molar-refractivity contribution in [2.24, 2.45) is 23.3 Å². The molecule has 96 valence electrons. The number of rotatable bonds is 2. The zero-order valence-corrected chi connectivity index (χ0v) is 10.1. The molecule has 1 aliphatic heterocycles. The van der Waals surface area contributed by atoms with Crippen LogP contribution in [0.4, 0.5) is 0 Å². The van der Waals surface area contributed by atoms with Crippen LogP contribution in [0.5, 0.6) is 0 Å². The Labute approximate surface area is 102 Å². The maximum Gasteiger partial charge on any atom is 0.225 e. The van der Waals surface area contributed by atoms with E-state index in [1.807, 2.05) is 0 Å². The highest BCUT2D eigenvalue weighted by Gasteiger charge is 2.34. The number of hydrogen-bond acceptors (Lipinski definition) is 3. The minimum absolute atomic E-state index is 0.0605. The molecule has 0 aromatic carbocycles. The fourth-order valence-electron chi connectivity index (χ4n) is 2.90. The van der Waals surface area contributed by atoms with Crippen LogP contribution in [0, 0.1) is 11.8 Å². The molecule has 1 aliphatic carbocycles. The molecule has 3 unspecified atom stereocenters. The molecular weight excluding hydrogens is 218 g/mol. The second-order valence-electron chi connectivity index (χ2n) is 5.30. The highest BCUT2D eigenvalue weighted by atomic mass is 16.2. The third-order valence-electron chi connectivity index (χ3n) is 3.97. The fourth-order valence-corrected chi connectivity index (χ4v) is 2.90. The first-order valence-electron chi connectivity index (χ1n) is 6.41. The first kappa shape index (κ1) is 12.4. The summed E-state index contributed by atoms with van der Waals surface area (Å²) in [6.45, 7) is 1.16. The van der Waals surface area contributed by atoms with Crippen molar-refractivity contribution in [3.8, 4) is 0 Å². The topological polar surface area (TPSA) is 89.4 Å². The lowest BCUT2D eigenvalue weighted by atomic mass is 9.85. The van der Waals surface area contributed by atoms with Crippen LogP contribution in [0.25, 0.3) is 0 Å². The van der Waals surface area contributed by atoms with Gasteiger partial charge in [0.1, 0.15) is 0 Å². The molecule has 0 aromatic rings.